The van der Waals surface area contributed by atoms with Gasteiger partial charge in [-0.05, 0) is 63.1 Å². The highest BCUT2D eigenvalue weighted by molar-refractivity contribution is 5.96. The molecule has 4 aliphatic rings. The van der Waals surface area contributed by atoms with Crippen molar-refractivity contribution >= 4 is 11.7 Å². The lowest BCUT2D eigenvalue weighted by atomic mass is 9.49. The molecule has 1 amide bonds. The average Bonchev–Trinajstić information content (AvgIpc) is 2.60. The number of nitrogens with two attached hydrogens (primary N) is 1. The molecule has 0 aromatic heterocycles. The molecule has 1 saturated heterocycles. The van der Waals surface area contributed by atoms with Gasteiger partial charge in [0.25, 0.3) is 5.91 Å². The van der Waals surface area contributed by atoms with Gasteiger partial charge in [0.15, 0.2) is 0 Å². The highest BCUT2D eigenvalue weighted by atomic mass is 16.3. The van der Waals surface area contributed by atoms with Crippen molar-refractivity contribution in [2.45, 2.75) is 81.4 Å². The Hall–Kier alpha value is -1.92. The summed E-state index contributed by atoms with van der Waals surface area (Å²) in [6.07, 6.45) is 5.97. The van der Waals surface area contributed by atoms with Crippen LogP contribution in [-0.4, -0.2) is 51.0 Å². The molecule has 2 bridgehead atoms. The van der Waals surface area contributed by atoms with Crippen molar-refractivity contribution in [3.63, 3.8) is 0 Å². The zero-order valence-corrected chi connectivity index (χ0v) is 17.0. The largest absolute Gasteiger partial charge is 0.507 e. The van der Waals surface area contributed by atoms with Crippen LogP contribution in [0.4, 0.5) is 0 Å². The molecule has 4 atom stereocenters. The van der Waals surface area contributed by atoms with Crippen LogP contribution < -0.4 is 5.73 Å². The fourth-order valence-electron chi connectivity index (χ4n) is 6.83. The molecule has 3 fully saturated rings. The summed E-state index contributed by atoms with van der Waals surface area (Å²) in [5, 5.41) is 23.2. The van der Waals surface area contributed by atoms with Crippen LogP contribution in [-0.2, 0) is 16.6 Å². The van der Waals surface area contributed by atoms with Gasteiger partial charge in [0.2, 0.25) is 0 Å². The van der Waals surface area contributed by atoms with Crippen molar-refractivity contribution in [3.8, 4) is 5.75 Å². The number of benzene rings is 1. The number of primary amides is 1. The monoisotopic (exact) mass is 398 g/mol. The maximum Gasteiger partial charge on any atom is 0.252 e. The minimum Gasteiger partial charge on any atom is -0.507 e. The minimum atomic E-state index is -1.09. The number of nitrogens with zero attached hydrogens (tertiary/aromatic N) is 1. The number of amides is 1. The van der Waals surface area contributed by atoms with Gasteiger partial charge in [-0.1, -0.05) is 12.5 Å². The molecule has 1 aromatic carbocycles. The van der Waals surface area contributed by atoms with E-state index in [2.05, 4.69) is 11.8 Å². The predicted octanol–water partition coefficient (Wildman–Crippen LogP) is 2.03. The standard InChI is InChI=1S/C23H30N2O4/c1-13(14-3-2-4-14)25-10-9-22-12-16(26)7-8-23(22,29)18(25)11-15-5-6-17(21(24)28)20(27)19(15)22/h5-6,13-14,18,27,29H,2-4,7-12H2,1H3,(H2,24,28)/t13-,18+,22?,23+/m0/s1. The Kier molecular flexibility index (Phi) is 4.13. The Morgan fingerprint density at radius 3 is 2.72 bits per heavy atom. The van der Waals surface area contributed by atoms with Crippen LogP contribution in [0, 0.1) is 5.92 Å². The van der Waals surface area contributed by atoms with Gasteiger partial charge in [0.05, 0.1) is 11.2 Å². The molecule has 1 heterocycles. The van der Waals surface area contributed by atoms with Gasteiger partial charge in [-0.3, -0.25) is 14.5 Å². The Morgan fingerprint density at radius 2 is 2.07 bits per heavy atom. The van der Waals surface area contributed by atoms with Crippen LogP contribution in [0.5, 0.6) is 5.75 Å². The molecule has 29 heavy (non-hydrogen) atoms. The van der Waals surface area contributed by atoms with Crippen LogP contribution in [0.25, 0.3) is 0 Å². The second-order valence-electron chi connectivity index (χ2n) is 9.72. The number of hydrogen-bond donors (Lipinski definition) is 3. The Bertz CT molecular complexity index is 895. The molecule has 1 aliphatic heterocycles. The molecule has 5 rings (SSSR count). The third-order valence-electron chi connectivity index (χ3n) is 8.64. The zero-order chi connectivity index (χ0) is 20.6. The van der Waals surface area contributed by atoms with Crippen LogP contribution in [0.15, 0.2) is 12.1 Å². The summed E-state index contributed by atoms with van der Waals surface area (Å²) in [5.74, 6) is -0.0402. The van der Waals surface area contributed by atoms with Crippen LogP contribution in [0.1, 0.15) is 73.4 Å². The molecule has 156 valence electrons. The molecule has 6 heteroatoms. The predicted molar refractivity (Wildman–Crippen MR) is 108 cm³/mol. The van der Waals surface area contributed by atoms with Crippen molar-refractivity contribution in [3.05, 3.63) is 28.8 Å². The third kappa shape index (κ3) is 2.42. The summed E-state index contributed by atoms with van der Waals surface area (Å²) in [6, 6.07) is 3.76. The maximum atomic E-state index is 12.6. The van der Waals surface area contributed by atoms with E-state index in [4.69, 9.17) is 5.73 Å². The number of carbonyl (C=O) groups excluding carboxylic acids is 2. The van der Waals surface area contributed by atoms with Crippen LogP contribution in [0.3, 0.4) is 0 Å². The summed E-state index contributed by atoms with van der Waals surface area (Å²) in [5.41, 5.74) is 5.15. The molecule has 2 saturated carbocycles. The van der Waals surface area contributed by atoms with Gasteiger partial charge in [-0.15, -0.1) is 0 Å². The number of ketones is 1. The smallest absolute Gasteiger partial charge is 0.252 e. The zero-order valence-electron chi connectivity index (χ0n) is 17.0. The van der Waals surface area contributed by atoms with Gasteiger partial charge in [-0.2, -0.15) is 0 Å². The molecule has 3 aliphatic carbocycles. The van der Waals surface area contributed by atoms with E-state index in [1.807, 2.05) is 6.07 Å². The van der Waals surface area contributed by atoms with Crippen LogP contribution in [0.2, 0.25) is 0 Å². The number of aromatic hydroxyl groups is 1. The highest BCUT2D eigenvalue weighted by Crippen LogP contribution is 2.60. The topological polar surface area (TPSA) is 104 Å². The van der Waals surface area contributed by atoms with Gasteiger partial charge in [-0.25, -0.2) is 0 Å². The Balaban J connectivity index is 1.67. The molecule has 0 spiro atoms. The van der Waals surface area contributed by atoms with E-state index in [9.17, 15) is 19.8 Å². The van der Waals surface area contributed by atoms with Gasteiger partial charge < -0.3 is 15.9 Å². The van der Waals surface area contributed by atoms with E-state index < -0.39 is 16.9 Å². The van der Waals surface area contributed by atoms with Crippen molar-refractivity contribution in [2.24, 2.45) is 11.7 Å². The summed E-state index contributed by atoms with van der Waals surface area (Å²) < 4.78 is 0. The number of fused-ring (bicyclic) bond motifs is 1. The van der Waals surface area contributed by atoms with Gasteiger partial charge in [0, 0.05) is 35.9 Å². The van der Waals surface area contributed by atoms with Crippen molar-refractivity contribution in [1.29, 1.82) is 0 Å². The summed E-state index contributed by atoms with van der Waals surface area (Å²) in [4.78, 5) is 26.9. The van der Waals surface area contributed by atoms with Crippen LogP contribution >= 0.6 is 0 Å². The fourth-order valence-corrected chi connectivity index (χ4v) is 6.83. The van der Waals surface area contributed by atoms with Crippen molar-refractivity contribution < 1.29 is 19.8 Å². The van der Waals surface area contributed by atoms with Gasteiger partial charge >= 0.3 is 0 Å². The van der Waals surface area contributed by atoms with E-state index >= 15 is 0 Å². The first kappa shape index (κ1) is 19.1. The third-order valence-corrected chi connectivity index (χ3v) is 8.64. The number of likely N-dealkylation sites (tertiary alicyclic amines) is 1. The summed E-state index contributed by atoms with van der Waals surface area (Å²) in [6.45, 7) is 3.06. The first-order valence-corrected chi connectivity index (χ1v) is 10.9. The van der Waals surface area contributed by atoms with E-state index in [1.54, 1.807) is 6.07 Å². The first-order valence-electron chi connectivity index (χ1n) is 10.9. The lowest BCUT2D eigenvalue weighted by molar-refractivity contribution is -0.182. The van der Waals surface area contributed by atoms with E-state index in [1.165, 1.54) is 19.3 Å². The number of Topliss-reactive ketones (excluding diaryl/α,β-unsaturated/α-hetero) is 1. The number of rotatable bonds is 3. The summed E-state index contributed by atoms with van der Waals surface area (Å²) >= 11 is 0. The average molecular weight is 399 g/mol. The van der Waals surface area contributed by atoms with E-state index in [0.717, 1.165) is 12.1 Å². The lowest BCUT2D eigenvalue weighted by Gasteiger charge is -2.65. The molecule has 4 N–H and O–H groups in total. The number of piperidine rings is 1. The molecule has 1 unspecified atom stereocenters. The summed E-state index contributed by atoms with van der Waals surface area (Å²) in [7, 11) is 0. The van der Waals surface area contributed by atoms with Crippen molar-refractivity contribution in [1.82, 2.24) is 4.90 Å². The Morgan fingerprint density at radius 1 is 1.31 bits per heavy atom. The molecule has 1 aromatic rings. The lowest BCUT2D eigenvalue weighted by Crippen LogP contribution is -2.74. The minimum absolute atomic E-state index is 0.0715. The SMILES string of the molecule is C[C@@H](C1CCC1)N1CCC23CC(=O)CC[C@@]2(O)[C@H]1Cc1ccc(C(N)=O)c(O)c13. The quantitative estimate of drug-likeness (QED) is 0.723. The van der Waals surface area contributed by atoms with Gasteiger partial charge in [0.1, 0.15) is 11.5 Å². The number of phenols is 1. The molecule has 0 radical (unpaired) electrons. The normalized spacial score (nSPS) is 35.4. The van der Waals surface area contributed by atoms with E-state index in [0.29, 0.717) is 43.2 Å². The highest BCUT2D eigenvalue weighted by Gasteiger charge is 2.66. The van der Waals surface area contributed by atoms with E-state index in [-0.39, 0.29) is 29.6 Å². The maximum absolute atomic E-state index is 12.6. The Labute approximate surface area is 171 Å². The van der Waals surface area contributed by atoms with Crippen molar-refractivity contribution in [2.75, 3.05) is 6.54 Å². The molecule has 6 nitrogen and oxygen atoms in total. The molecular weight excluding hydrogens is 368 g/mol. The number of hydrogen-bond acceptors (Lipinski definition) is 5. The number of aliphatic hydroxyl groups is 1. The second-order valence-corrected chi connectivity index (χ2v) is 9.72. The fraction of sp³-hybridized carbons (Fsp3) is 0.652. The second kappa shape index (κ2) is 6.29. The molecular formula is C23H30N2O4. The first-order chi connectivity index (χ1) is 13.8. The number of carbonyl (C=O) groups is 2.